The highest BCUT2D eigenvalue weighted by Crippen LogP contribution is 2.56. The third-order valence-corrected chi connectivity index (χ3v) is 8.13. The van der Waals surface area contributed by atoms with Crippen LogP contribution in [0.4, 0.5) is 5.69 Å². The van der Waals surface area contributed by atoms with Crippen LogP contribution in [0.25, 0.3) is 6.08 Å². The molecule has 4 saturated carbocycles. The Morgan fingerprint density at radius 1 is 1.13 bits per heavy atom. The van der Waals surface area contributed by atoms with Crippen LogP contribution in [-0.4, -0.2) is 27.5 Å². The zero-order valence-electron chi connectivity index (χ0n) is 17.9. The van der Waals surface area contributed by atoms with Crippen molar-refractivity contribution in [2.45, 2.75) is 63.0 Å². The highest BCUT2D eigenvalue weighted by molar-refractivity contribution is 6.03. The van der Waals surface area contributed by atoms with E-state index in [-0.39, 0.29) is 5.78 Å². The molecule has 0 aliphatic heterocycles. The van der Waals surface area contributed by atoms with E-state index in [1.807, 2.05) is 18.2 Å². The number of anilines is 1. The van der Waals surface area contributed by atoms with E-state index >= 15 is 0 Å². The number of benzene rings is 1. The number of pyridine rings is 1. The number of hydrogen-bond donors (Lipinski definition) is 2. The van der Waals surface area contributed by atoms with Gasteiger partial charge in [0.25, 0.3) is 0 Å². The van der Waals surface area contributed by atoms with Crippen molar-refractivity contribution in [2.24, 2.45) is 17.8 Å². The van der Waals surface area contributed by atoms with E-state index in [2.05, 4.69) is 34.6 Å². The second kappa shape index (κ2) is 7.30. The number of carbonyl (C=O) groups is 1. The number of ketones is 1. The Hall–Kier alpha value is -2.46. The van der Waals surface area contributed by atoms with Crippen LogP contribution in [0.3, 0.4) is 0 Å². The predicted octanol–water partition coefficient (Wildman–Crippen LogP) is 4.82. The van der Waals surface area contributed by atoms with Crippen LogP contribution < -0.4 is 5.32 Å². The van der Waals surface area contributed by atoms with E-state index in [4.69, 9.17) is 0 Å². The van der Waals surface area contributed by atoms with Crippen LogP contribution in [-0.2, 0) is 12.8 Å². The fourth-order valence-corrected chi connectivity index (χ4v) is 6.98. The molecule has 1 aromatic heterocycles. The molecule has 4 bridgehead atoms. The molecule has 1 aromatic carbocycles. The van der Waals surface area contributed by atoms with Crippen molar-refractivity contribution in [1.82, 2.24) is 4.98 Å². The van der Waals surface area contributed by atoms with Gasteiger partial charge in [-0.25, -0.2) is 0 Å². The van der Waals surface area contributed by atoms with E-state index in [0.29, 0.717) is 30.2 Å². The van der Waals surface area contributed by atoms with Crippen molar-refractivity contribution in [1.29, 1.82) is 0 Å². The Kier molecular flexibility index (Phi) is 4.53. The largest absolute Gasteiger partial charge is 0.390 e. The van der Waals surface area contributed by atoms with Gasteiger partial charge in [-0.1, -0.05) is 42.5 Å². The van der Waals surface area contributed by atoms with E-state index in [1.54, 1.807) is 6.20 Å². The summed E-state index contributed by atoms with van der Waals surface area (Å²) in [5, 5.41) is 14.8. The number of Topliss-reactive ketones (excluding diaryl/α,β-unsaturated/α-hetero) is 1. The van der Waals surface area contributed by atoms with Gasteiger partial charge in [-0.3, -0.25) is 9.78 Å². The third-order valence-electron chi connectivity index (χ3n) is 8.13. The third kappa shape index (κ3) is 3.41. The van der Waals surface area contributed by atoms with Crippen molar-refractivity contribution < 1.29 is 9.90 Å². The average Bonchev–Trinajstić information content (AvgIpc) is 3.23. The summed E-state index contributed by atoms with van der Waals surface area (Å²) in [5.74, 6) is 1.83. The van der Waals surface area contributed by atoms with Crippen molar-refractivity contribution in [3.05, 3.63) is 65.0 Å². The summed E-state index contributed by atoms with van der Waals surface area (Å²) in [6.07, 6.45) is 13.3. The van der Waals surface area contributed by atoms with Crippen LogP contribution >= 0.6 is 0 Å². The standard InChI is InChI=1S/C27H30N2O2/c30-24(10-9-17-5-2-1-3-6-17)22-16-28-23-8-4-7-21(23)26(22)29-25-19-11-18-12-20(25)15-27(31,13-18)14-19/h1-7,16,18-20,25,31H,8-15H2,(H,28,29)/t18?,19-,20+,25?,27?. The van der Waals surface area contributed by atoms with Crippen molar-refractivity contribution >= 4 is 17.5 Å². The van der Waals surface area contributed by atoms with Gasteiger partial charge in [0.1, 0.15) is 0 Å². The molecule has 0 spiro atoms. The van der Waals surface area contributed by atoms with Gasteiger partial charge >= 0.3 is 0 Å². The minimum atomic E-state index is -0.441. The molecule has 31 heavy (non-hydrogen) atoms. The molecule has 4 heteroatoms. The zero-order valence-corrected chi connectivity index (χ0v) is 17.9. The van der Waals surface area contributed by atoms with Crippen LogP contribution in [0.2, 0.25) is 0 Å². The lowest BCUT2D eigenvalue weighted by molar-refractivity contribution is -0.129. The first-order chi connectivity index (χ1) is 15.1. The SMILES string of the molecule is O=C(CCc1ccccc1)c1cnc2c(c1NC1[C@@H]3CC4C[C@H]1CC(O)(C4)C3)C=CC2. The predicted molar refractivity (Wildman–Crippen MR) is 122 cm³/mol. The Morgan fingerprint density at radius 2 is 1.90 bits per heavy atom. The summed E-state index contributed by atoms with van der Waals surface area (Å²) in [6.45, 7) is 0. The molecule has 2 N–H and O–H groups in total. The van der Waals surface area contributed by atoms with Gasteiger partial charge in [0.05, 0.1) is 22.5 Å². The summed E-state index contributed by atoms with van der Waals surface area (Å²) < 4.78 is 0. The number of nitrogens with zero attached hydrogens (tertiary/aromatic N) is 1. The van der Waals surface area contributed by atoms with Crippen LogP contribution in [0, 0.1) is 17.8 Å². The van der Waals surface area contributed by atoms with Crippen molar-refractivity contribution in [2.75, 3.05) is 5.32 Å². The Balaban J connectivity index is 1.28. The van der Waals surface area contributed by atoms with Gasteiger partial charge in [-0.05, 0) is 61.8 Å². The van der Waals surface area contributed by atoms with Crippen LogP contribution in [0.1, 0.15) is 65.7 Å². The maximum absolute atomic E-state index is 13.3. The van der Waals surface area contributed by atoms with Crippen LogP contribution in [0.5, 0.6) is 0 Å². The second-order valence-electron chi connectivity index (χ2n) is 10.3. The monoisotopic (exact) mass is 414 g/mol. The van der Waals surface area contributed by atoms with Crippen molar-refractivity contribution in [3.63, 3.8) is 0 Å². The minimum Gasteiger partial charge on any atom is -0.390 e. The van der Waals surface area contributed by atoms with Crippen molar-refractivity contribution in [3.8, 4) is 0 Å². The summed E-state index contributed by atoms with van der Waals surface area (Å²) in [7, 11) is 0. The Bertz CT molecular complexity index is 1030. The first kappa shape index (κ1) is 19.2. The molecule has 5 aliphatic carbocycles. The highest BCUT2D eigenvalue weighted by Gasteiger charge is 2.54. The number of aryl methyl sites for hydroxylation is 1. The smallest absolute Gasteiger partial charge is 0.166 e. The minimum absolute atomic E-state index is 0.157. The molecule has 0 amide bonds. The molecule has 5 aliphatic rings. The molecule has 160 valence electrons. The average molecular weight is 415 g/mol. The molecule has 0 radical (unpaired) electrons. The molecule has 1 heterocycles. The molecule has 7 rings (SSSR count). The van der Waals surface area contributed by atoms with E-state index in [9.17, 15) is 9.90 Å². The molecular weight excluding hydrogens is 384 g/mol. The summed E-state index contributed by atoms with van der Waals surface area (Å²) in [5.41, 5.74) is 4.62. The lowest BCUT2D eigenvalue weighted by Gasteiger charge is -2.58. The number of fused-ring (bicyclic) bond motifs is 1. The molecule has 5 atom stereocenters. The van der Waals surface area contributed by atoms with Gasteiger partial charge in [0.15, 0.2) is 5.78 Å². The number of hydrogen-bond acceptors (Lipinski definition) is 4. The number of nitrogens with one attached hydrogen (secondary N) is 1. The quantitative estimate of drug-likeness (QED) is 0.666. The summed E-state index contributed by atoms with van der Waals surface area (Å²) >= 11 is 0. The van der Waals surface area contributed by atoms with Crippen LogP contribution in [0.15, 0.2) is 42.6 Å². The highest BCUT2D eigenvalue weighted by atomic mass is 16.3. The maximum atomic E-state index is 13.3. The fraction of sp³-hybridized carbons (Fsp3) is 0.481. The van der Waals surface area contributed by atoms with E-state index in [0.717, 1.165) is 54.6 Å². The normalized spacial score (nSPS) is 32.3. The number of aliphatic hydroxyl groups is 1. The summed E-state index contributed by atoms with van der Waals surface area (Å²) in [4.78, 5) is 17.9. The number of allylic oxidation sites excluding steroid dienone is 1. The van der Waals surface area contributed by atoms with Gasteiger partial charge < -0.3 is 10.4 Å². The lowest BCUT2D eigenvalue weighted by Crippen LogP contribution is -2.59. The summed E-state index contributed by atoms with van der Waals surface area (Å²) in [6, 6.07) is 10.6. The lowest BCUT2D eigenvalue weighted by atomic mass is 9.52. The Morgan fingerprint density at radius 3 is 2.65 bits per heavy atom. The van der Waals surface area contributed by atoms with Gasteiger partial charge in [-0.15, -0.1) is 0 Å². The fourth-order valence-electron chi connectivity index (χ4n) is 6.98. The first-order valence-corrected chi connectivity index (χ1v) is 11.8. The number of aromatic nitrogens is 1. The molecule has 4 nitrogen and oxygen atoms in total. The van der Waals surface area contributed by atoms with E-state index < -0.39 is 5.60 Å². The van der Waals surface area contributed by atoms with E-state index in [1.165, 1.54) is 18.4 Å². The van der Waals surface area contributed by atoms with Gasteiger partial charge in [0, 0.05) is 30.6 Å². The van der Waals surface area contributed by atoms with Gasteiger partial charge in [0.2, 0.25) is 0 Å². The molecule has 2 aromatic rings. The molecular formula is C27H30N2O2. The number of carbonyl (C=O) groups excluding carboxylic acids is 1. The van der Waals surface area contributed by atoms with Gasteiger partial charge in [-0.2, -0.15) is 0 Å². The molecule has 0 saturated heterocycles. The zero-order chi connectivity index (χ0) is 21.0. The second-order valence-corrected chi connectivity index (χ2v) is 10.3. The maximum Gasteiger partial charge on any atom is 0.166 e. The Labute approximate surface area is 183 Å². The molecule has 4 fully saturated rings. The first-order valence-electron chi connectivity index (χ1n) is 11.8. The number of rotatable bonds is 6. The topological polar surface area (TPSA) is 62.2 Å². The molecule has 3 unspecified atom stereocenters.